The Morgan fingerprint density at radius 1 is 0.538 bits per heavy atom. The van der Waals surface area contributed by atoms with E-state index >= 15 is 0 Å². The zero-order valence-corrected chi connectivity index (χ0v) is 33.7. The first kappa shape index (κ1) is 44.0. The summed E-state index contributed by atoms with van der Waals surface area (Å²) in [6, 6.07) is 19.3. The van der Waals surface area contributed by atoms with Crippen LogP contribution >= 0.6 is 0 Å². The molecule has 0 aromatic heterocycles. The van der Waals surface area contributed by atoms with Crippen molar-refractivity contribution in [3.63, 3.8) is 0 Å². The van der Waals surface area contributed by atoms with Gasteiger partial charge in [-0.3, -0.25) is 9.98 Å². The van der Waals surface area contributed by atoms with Crippen LogP contribution in [0.15, 0.2) is 82.8 Å². The van der Waals surface area contributed by atoms with Crippen molar-refractivity contribution in [3.8, 4) is 23.0 Å². The van der Waals surface area contributed by atoms with E-state index in [2.05, 4.69) is 41.5 Å². The number of nitrogens with zero attached hydrogens (tertiary/aromatic N) is 2. The average Bonchev–Trinajstić information content (AvgIpc) is 2.98. The Kier molecular flexibility index (Phi) is 13.8. The molecule has 0 saturated heterocycles. The summed E-state index contributed by atoms with van der Waals surface area (Å²) in [4.78, 5) is 9.95. The fourth-order valence-electron chi connectivity index (χ4n) is 5.92. The van der Waals surface area contributed by atoms with Crippen LogP contribution in [0, 0.1) is 0 Å². The molecule has 4 aromatic carbocycles. The number of rotatable bonds is 7. The SMILES string of the molecule is CC(C)(C)c1cc(C=NC(c2ccccc2[O-])C(N=Cc2cc(C(C)(C)C)cc(C(C)(C)C)c2[O-])c2ccccc2O)c([O-])c(C(C)(C)C)c1.O.[Co+3]. The first-order valence-electron chi connectivity index (χ1n) is 17.3. The number of aromatic hydroxyl groups is 1. The summed E-state index contributed by atoms with van der Waals surface area (Å²) in [5, 5.41) is 52.5. The van der Waals surface area contributed by atoms with E-state index in [0.717, 1.165) is 11.1 Å². The maximum atomic E-state index is 13.9. The van der Waals surface area contributed by atoms with E-state index in [1.807, 2.05) is 65.8 Å². The van der Waals surface area contributed by atoms with Crippen LogP contribution in [0.5, 0.6) is 23.0 Å². The molecule has 2 unspecified atom stereocenters. The second-order valence-corrected chi connectivity index (χ2v) is 17.4. The number of para-hydroxylation sites is 2. The van der Waals surface area contributed by atoms with Crippen molar-refractivity contribution in [1.29, 1.82) is 0 Å². The number of aliphatic imine (C=N–C) groups is 2. The minimum Gasteiger partial charge on any atom is -0.872 e. The summed E-state index contributed by atoms with van der Waals surface area (Å²) in [7, 11) is 0. The van der Waals surface area contributed by atoms with Crippen LogP contribution in [0.4, 0.5) is 0 Å². The molecule has 0 amide bonds. The van der Waals surface area contributed by atoms with Crippen LogP contribution in [0.2, 0.25) is 0 Å². The van der Waals surface area contributed by atoms with Gasteiger partial charge in [-0.15, -0.1) is 5.75 Å². The van der Waals surface area contributed by atoms with E-state index in [9.17, 15) is 20.4 Å². The Labute approximate surface area is 321 Å². The van der Waals surface area contributed by atoms with E-state index in [0.29, 0.717) is 33.4 Å². The minimum absolute atomic E-state index is 0. The van der Waals surface area contributed by atoms with Crippen molar-refractivity contribution in [3.05, 3.63) is 117 Å². The molecule has 0 bridgehead atoms. The molecule has 7 nitrogen and oxygen atoms in total. The first-order chi connectivity index (χ1) is 23.0. The van der Waals surface area contributed by atoms with Gasteiger partial charge in [0.1, 0.15) is 17.8 Å². The largest absolute Gasteiger partial charge is 3.00 e. The number of hydrogen-bond donors (Lipinski definition) is 1. The van der Waals surface area contributed by atoms with Crippen LogP contribution in [0.3, 0.4) is 0 Å². The van der Waals surface area contributed by atoms with Gasteiger partial charge in [0, 0.05) is 18.0 Å². The summed E-state index contributed by atoms with van der Waals surface area (Å²) in [5.74, 6) is -0.524. The third-order valence-corrected chi connectivity index (χ3v) is 9.12. The van der Waals surface area contributed by atoms with Crippen molar-refractivity contribution in [2.75, 3.05) is 0 Å². The van der Waals surface area contributed by atoms with Crippen LogP contribution < -0.4 is 15.3 Å². The molecule has 3 N–H and O–H groups in total. The molecular weight excluding hydrogens is 695 g/mol. The molecule has 0 saturated carbocycles. The third-order valence-electron chi connectivity index (χ3n) is 9.12. The van der Waals surface area contributed by atoms with Gasteiger partial charge in [0.15, 0.2) is 0 Å². The van der Waals surface area contributed by atoms with Gasteiger partial charge in [-0.05, 0) is 66.7 Å². The molecule has 2 atom stereocenters. The van der Waals surface area contributed by atoms with Crippen LogP contribution in [0.25, 0.3) is 0 Å². The van der Waals surface area contributed by atoms with Crippen LogP contribution in [0.1, 0.15) is 140 Å². The van der Waals surface area contributed by atoms with Crippen molar-refractivity contribution < 1.29 is 42.7 Å². The summed E-state index contributed by atoms with van der Waals surface area (Å²) >= 11 is 0. The van der Waals surface area contributed by atoms with E-state index in [4.69, 9.17) is 9.98 Å². The molecule has 0 aliphatic carbocycles. The summed E-state index contributed by atoms with van der Waals surface area (Å²) in [6.45, 7) is 24.7. The van der Waals surface area contributed by atoms with Crippen molar-refractivity contribution in [1.82, 2.24) is 0 Å². The van der Waals surface area contributed by atoms with E-state index in [1.54, 1.807) is 54.9 Å². The van der Waals surface area contributed by atoms with Gasteiger partial charge in [0.05, 0.1) is 0 Å². The fraction of sp³-hybridized carbons (Fsp3) is 0.409. The quantitative estimate of drug-likeness (QED) is 0.191. The van der Waals surface area contributed by atoms with Gasteiger partial charge in [-0.25, -0.2) is 0 Å². The molecule has 0 aliphatic rings. The normalized spacial score (nSPS) is 13.8. The molecule has 52 heavy (non-hydrogen) atoms. The molecule has 4 aromatic rings. The Morgan fingerprint density at radius 3 is 1.27 bits per heavy atom. The maximum absolute atomic E-state index is 13.9. The van der Waals surface area contributed by atoms with Crippen LogP contribution in [-0.4, -0.2) is 23.0 Å². The minimum atomic E-state index is -0.938. The van der Waals surface area contributed by atoms with Gasteiger partial charge < -0.3 is 25.9 Å². The Hall–Kier alpha value is -4.11. The van der Waals surface area contributed by atoms with Crippen LogP contribution in [-0.2, 0) is 38.4 Å². The van der Waals surface area contributed by atoms with E-state index in [-0.39, 0.29) is 56.1 Å². The van der Waals surface area contributed by atoms with E-state index in [1.165, 1.54) is 6.07 Å². The summed E-state index contributed by atoms with van der Waals surface area (Å²) < 4.78 is 0. The van der Waals surface area contributed by atoms with Gasteiger partial charge in [0.25, 0.3) is 0 Å². The van der Waals surface area contributed by atoms with E-state index < -0.39 is 22.9 Å². The number of phenolic OH excluding ortho intramolecular Hbond substituents is 1. The zero-order chi connectivity index (χ0) is 37.4. The van der Waals surface area contributed by atoms with Crippen molar-refractivity contribution >= 4 is 12.4 Å². The molecule has 0 fully saturated rings. The number of benzene rings is 4. The Morgan fingerprint density at radius 2 is 0.904 bits per heavy atom. The first-order valence-corrected chi connectivity index (χ1v) is 17.3. The molecule has 280 valence electrons. The number of phenols is 1. The van der Waals surface area contributed by atoms with Crippen molar-refractivity contribution in [2.45, 2.75) is 117 Å². The topological polar surface area (TPSA) is 146 Å². The Bertz CT molecular complexity index is 1770. The number of hydrogen-bond acceptors (Lipinski definition) is 6. The smallest absolute Gasteiger partial charge is 0.872 e. The second kappa shape index (κ2) is 16.3. The standard InChI is InChI=1S/C44H56N2O4.Co.H2O/c1-41(2,3)29-21-27(39(49)33(23-29)43(7,8)9)25-45-37(31-17-13-15-19-35(31)47)38(32-18-14-16-20-36(32)48)46-26-28-22-30(42(4,5)6)24-34(40(28)50)44(10,11)12;;/h13-26,37-38,47-50H,1-12H3;;1H2/q;+3;/p-3. The molecule has 4 rings (SSSR count). The van der Waals surface area contributed by atoms with Crippen molar-refractivity contribution in [2.24, 2.45) is 9.98 Å². The third kappa shape index (κ3) is 10.1. The maximum Gasteiger partial charge on any atom is 3.00 e. The molecule has 0 radical (unpaired) electrons. The van der Waals surface area contributed by atoms with Gasteiger partial charge >= 0.3 is 16.8 Å². The fourth-order valence-corrected chi connectivity index (χ4v) is 5.92. The predicted molar refractivity (Wildman–Crippen MR) is 205 cm³/mol. The second-order valence-electron chi connectivity index (χ2n) is 17.4. The van der Waals surface area contributed by atoms with Gasteiger partial charge in [-0.1, -0.05) is 161 Å². The molecular formula is C44H55CoN2O5. The summed E-state index contributed by atoms with van der Waals surface area (Å²) in [6.07, 6.45) is 3.10. The molecule has 0 spiro atoms. The Balaban J connectivity index is 0.00000468. The predicted octanol–water partition coefficient (Wildman–Crippen LogP) is 8.00. The zero-order valence-electron chi connectivity index (χ0n) is 32.6. The monoisotopic (exact) mass is 750 g/mol. The molecule has 8 heteroatoms. The van der Waals surface area contributed by atoms with Gasteiger partial charge in [0.2, 0.25) is 0 Å². The van der Waals surface area contributed by atoms with Gasteiger partial charge in [-0.2, -0.15) is 0 Å². The average molecular weight is 751 g/mol. The summed E-state index contributed by atoms with van der Waals surface area (Å²) in [5.41, 5.74) is 3.69. The molecule has 0 heterocycles. The molecule has 0 aliphatic heterocycles.